The van der Waals surface area contributed by atoms with Gasteiger partial charge in [-0.2, -0.15) is 4.31 Å². The van der Waals surface area contributed by atoms with Gasteiger partial charge in [0.25, 0.3) is 5.91 Å². The van der Waals surface area contributed by atoms with Crippen LogP contribution in [0.4, 0.5) is 13.6 Å². The summed E-state index contributed by atoms with van der Waals surface area (Å²) in [5.41, 5.74) is -0.963. The van der Waals surface area contributed by atoms with Crippen LogP contribution in [0.2, 0.25) is 0 Å². The van der Waals surface area contributed by atoms with Crippen LogP contribution in [0.5, 0.6) is 11.5 Å². The molecule has 3 aliphatic heterocycles. The van der Waals surface area contributed by atoms with Crippen LogP contribution in [0, 0.1) is 11.6 Å². The van der Waals surface area contributed by atoms with Crippen molar-refractivity contribution in [3.05, 3.63) is 53.6 Å². The number of amides is 4. The Bertz CT molecular complexity index is 1450. The van der Waals surface area contributed by atoms with Crippen molar-refractivity contribution in [2.24, 2.45) is 0 Å². The summed E-state index contributed by atoms with van der Waals surface area (Å²) in [6.45, 7) is 1.75. The van der Waals surface area contributed by atoms with E-state index < -0.39 is 56.5 Å². The maximum atomic E-state index is 13.6. The highest BCUT2D eigenvalue weighted by Gasteiger charge is 2.50. The second kappa shape index (κ2) is 10.1. The van der Waals surface area contributed by atoms with E-state index in [1.165, 1.54) is 4.90 Å². The second-order valence-electron chi connectivity index (χ2n) is 9.52. The molecule has 14 heteroatoms. The molecule has 3 aliphatic rings. The number of ether oxygens (including phenoxy) is 2. The van der Waals surface area contributed by atoms with E-state index in [-0.39, 0.29) is 26.2 Å². The zero-order valence-electron chi connectivity index (χ0n) is 21.0. The Hall–Kier alpha value is -3.78. The monoisotopic (exact) mass is 564 g/mol. The van der Waals surface area contributed by atoms with Crippen molar-refractivity contribution >= 4 is 27.9 Å². The first-order chi connectivity index (χ1) is 18.5. The number of carbonyl (C=O) groups is 3. The molecular weight excluding hydrogens is 538 g/mol. The van der Waals surface area contributed by atoms with Crippen LogP contribution in [0.15, 0.2) is 41.3 Å². The summed E-state index contributed by atoms with van der Waals surface area (Å²) in [6, 6.07) is 6.55. The molecule has 39 heavy (non-hydrogen) atoms. The average molecular weight is 565 g/mol. The van der Waals surface area contributed by atoms with Gasteiger partial charge in [-0.1, -0.05) is 6.07 Å². The molecule has 4 amide bonds. The predicted molar refractivity (Wildman–Crippen MR) is 131 cm³/mol. The van der Waals surface area contributed by atoms with Crippen LogP contribution in [0.3, 0.4) is 0 Å². The van der Waals surface area contributed by atoms with Crippen LogP contribution in [0.25, 0.3) is 0 Å². The van der Waals surface area contributed by atoms with Gasteiger partial charge in [-0.15, -0.1) is 0 Å². The SMILES string of the molecule is C[C@]1(c2ccc3c(c2)OCCCO3)NC(=O)N(CC(=O)N2CCN(S(=O)(=O)c3ccc(F)c(F)c3)CC2)C1=O. The Balaban J connectivity index is 1.23. The molecule has 2 aromatic carbocycles. The van der Waals surface area contributed by atoms with Crippen molar-refractivity contribution < 1.29 is 41.1 Å². The van der Waals surface area contributed by atoms with E-state index >= 15 is 0 Å². The van der Waals surface area contributed by atoms with Gasteiger partial charge >= 0.3 is 6.03 Å². The zero-order valence-corrected chi connectivity index (χ0v) is 21.8. The minimum atomic E-state index is -4.10. The molecule has 1 N–H and O–H groups in total. The Morgan fingerprint density at radius 2 is 1.67 bits per heavy atom. The van der Waals surface area contributed by atoms with Gasteiger partial charge in [-0.25, -0.2) is 22.0 Å². The van der Waals surface area contributed by atoms with Gasteiger partial charge in [-0.3, -0.25) is 14.5 Å². The molecule has 2 saturated heterocycles. The number of halogens is 2. The number of piperazine rings is 1. The number of fused-ring (bicyclic) bond motifs is 1. The molecule has 5 rings (SSSR count). The van der Waals surface area contributed by atoms with Gasteiger partial charge in [0, 0.05) is 32.6 Å². The Morgan fingerprint density at radius 1 is 0.974 bits per heavy atom. The molecule has 208 valence electrons. The van der Waals surface area contributed by atoms with Gasteiger partial charge in [0.2, 0.25) is 15.9 Å². The van der Waals surface area contributed by atoms with E-state index in [0.29, 0.717) is 42.8 Å². The molecule has 0 unspecified atom stereocenters. The normalized spacial score (nSPS) is 22.0. The molecule has 11 nitrogen and oxygen atoms in total. The molecule has 0 saturated carbocycles. The Morgan fingerprint density at radius 3 is 2.36 bits per heavy atom. The molecular formula is C25H26F2N4O7S. The van der Waals surface area contributed by atoms with Crippen LogP contribution in [-0.4, -0.2) is 86.3 Å². The van der Waals surface area contributed by atoms with E-state index in [2.05, 4.69) is 5.32 Å². The van der Waals surface area contributed by atoms with E-state index in [1.807, 2.05) is 0 Å². The van der Waals surface area contributed by atoms with Crippen LogP contribution >= 0.6 is 0 Å². The van der Waals surface area contributed by atoms with E-state index in [1.54, 1.807) is 25.1 Å². The van der Waals surface area contributed by atoms with Crippen molar-refractivity contribution in [2.45, 2.75) is 23.8 Å². The van der Waals surface area contributed by atoms with E-state index in [0.717, 1.165) is 21.3 Å². The average Bonchev–Trinajstić information content (AvgIpc) is 3.07. The van der Waals surface area contributed by atoms with E-state index in [4.69, 9.17) is 9.47 Å². The number of benzene rings is 2. The van der Waals surface area contributed by atoms with Crippen LogP contribution < -0.4 is 14.8 Å². The second-order valence-corrected chi connectivity index (χ2v) is 11.5. The fourth-order valence-electron chi connectivity index (χ4n) is 4.71. The van der Waals surface area contributed by atoms with Crippen molar-refractivity contribution in [2.75, 3.05) is 45.9 Å². The summed E-state index contributed by atoms with van der Waals surface area (Å²) < 4.78 is 64.8. The number of imide groups is 1. The molecule has 0 aromatic heterocycles. The lowest BCUT2D eigenvalue weighted by Gasteiger charge is -2.34. The first kappa shape index (κ1) is 26.8. The van der Waals surface area contributed by atoms with Gasteiger partial charge < -0.3 is 19.7 Å². The number of nitrogens with one attached hydrogen (secondary N) is 1. The highest BCUT2D eigenvalue weighted by molar-refractivity contribution is 7.89. The third kappa shape index (κ3) is 4.89. The molecule has 1 atom stereocenters. The summed E-state index contributed by atoms with van der Waals surface area (Å²) in [4.78, 5) is 40.9. The number of nitrogens with zero attached hydrogens (tertiary/aromatic N) is 3. The van der Waals surface area contributed by atoms with Crippen molar-refractivity contribution in [1.29, 1.82) is 0 Å². The van der Waals surface area contributed by atoms with Gasteiger partial charge in [0.1, 0.15) is 12.1 Å². The van der Waals surface area contributed by atoms with Crippen molar-refractivity contribution in [3.8, 4) is 11.5 Å². The molecule has 0 spiro atoms. The zero-order chi connectivity index (χ0) is 27.9. The number of hydrogen-bond donors (Lipinski definition) is 1. The number of carbonyl (C=O) groups excluding carboxylic acids is 3. The highest BCUT2D eigenvalue weighted by Crippen LogP contribution is 2.36. The lowest BCUT2D eigenvalue weighted by molar-refractivity contribution is -0.139. The Labute approximate surface area is 223 Å². The molecule has 2 fully saturated rings. The van der Waals surface area contributed by atoms with Gasteiger partial charge in [0.05, 0.1) is 18.1 Å². The molecule has 0 aliphatic carbocycles. The van der Waals surface area contributed by atoms with Crippen LogP contribution in [-0.2, 0) is 25.2 Å². The quantitative estimate of drug-likeness (QED) is 0.545. The highest BCUT2D eigenvalue weighted by atomic mass is 32.2. The van der Waals surface area contributed by atoms with E-state index in [9.17, 15) is 31.6 Å². The predicted octanol–water partition coefficient (Wildman–Crippen LogP) is 1.43. The third-order valence-electron chi connectivity index (χ3n) is 7.01. The maximum absolute atomic E-state index is 13.6. The van der Waals surface area contributed by atoms with Gasteiger partial charge in [-0.05, 0) is 42.8 Å². The summed E-state index contributed by atoms with van der Waals surface area (Å²) in [5.74, 6) is -2.60. The smallest absolute Gasteiger partial charge is 0.325 e. The molecule has 2 aromatic rings. The van der Waals surface area contributed by atoms with Gasteiger partial charge in [0.15, 0.2) is 23.1 Å². The fraction of sp³-hybridized carbons (Fsp3) is 0.400. The lowest BCUT2D eigenvalue weighted by Crippen LogP contribution is -2.53. The summed E-state index contributed by atoms with van der Waals surface area (Å²) >= 11 is 0. The molecule has 0 bridgehead atoms. The number of hydrogen-bond acceptors (Lipinski definition) is 7. The first-order valence-corrected chi connectivity index (χ1v) is 13.7. The number of sulfonamides is 1. The number of rotatable bonds is 5. The summed E-state index contributed by atoms with van der Waals surface area (Å²) in [6.07, 6.45) is 0.706. The Kier molecular flexibility index (Phi) is 6.93. The van der Waals surface area contributed by atoms with Crippen molar-refractivity contribution in [3.63, 3.8) is 0 Å². The minimum absolute atomic E-state index is 0.00911. The summed E-state index contributed by atoms with van der Waals surface area (Å²) in [5, 5.41) is 2.66. The topological polar surface area (TPSA) is 126 Å². The number of urea groups is 1. The van der Waals surface area contributed by atoms with Crippen LogP contribution in [0.1, 0.15) is 18.9 Å². The lowest BCUT2D eigenvalue weighted by atomic mass is 9.91. The largest absolute Gasteiger partial charge is 0.490 e. The fourth-order valence-corrected chi connectivity index (χ4v) is 6.14. The minimum Gasteiger partial charge on any atom is -0.490 e. The summed E-state index contributed by atoms with van der Waals surface area (Å²) in [7, 11) is -4.10. The molecule has 3 heterocycles. The standard InChI is InChI=1S/C25H26F2N4O7S/c1-25(16-3-6-20-21(13-16)38-12-2-11-37-20)23(33)31(24(34)28-25)15-22(32)29-7-9-30(10-8-29)39(35,36)17-4-5-18(26)19(27)14-17/h3-6,13-14H,2,7-12,15H2,1H3,(H,28,34)/t25-/m1/s1. The first-order valence-electron chi connectivity index (χ1n) is 12.3. The molecule has 0 radical (unpaired) electrons. The third-order valence-corrected chi connectivity index (χ3v) is 8.91. The van der Waals surface area contributed by atoms with Crippen molar-refractivity contribution in [1.82, 2.24) is 19.4 Å². The maximum Gasteiger partial charge on any atom is 0.325 e.